The summed E-state index contributed by atoms with van der Waals surface area (Å²) in [7, 11) is 0. The van der Waals surface area contributed by atoms with E-state index in [-0.39, 0.29) is 5.54 Å². The van der Waals surface area contributed by atoms with Gasteiger partial charge in [-0.2, -0.15) is 0 Å². The van der Waals surface area contributed by atoms with Crippen LogP contribution in [0.2, 0.25) is 0 Å². The van der Waals surface area contributed by atoms with Crippen molar-refractivity contribution in [2.24, 2.45) is 0 Å². The Balaban J connectivity index is 2.82. The zero-order chi connectivity index (χ0) is 10.6. The Bertz CT molecular complexity index is 297. The van der Waals surface area contributed by atoms with E-state index in [0.717, 1.165) is 22.2 Å². The van der Waals surface area contributed by atoms with Crippen molar-refractivity contribution in [3.05, 3.63) is 16.1 Å². The van der Waals surface area contributed by atoms with Gasteiger partial charge in [-0.25, -0.2) is 9.97 Å². The van der Waals surface area contributed by atoms with Gasteiger partial charge in [0.1, 0.15) is 12.1 Å². The number of hydrogen-bond donors (Lipinski definition) is 1. The maximum Gasteiger partial charge on any atom is 0.143 e. The standard InChI is InChI=1S/C10H16IN3/c1-4-10(3,5-2)14-9-8(11)6-12-7-13-9/h6-7H,4-5H2,1-3H3,(H,12,13,14). The van der Waals surface area contributed by atoms with E-state index >= 15 is 0 Å². The number of aromatic nitrogens is 2. The van der Waals surface area contributed by atoms with E-state index in [0.29, 0.717) is 0 Å². The Morgan fingerprint density at radius 2 is 2.07 bits per heavy atom. The van der Waals surface area contributed by atoms with Gasteiger partial charge in [0, 0.05) is 11.7 Å². The monoisotopic (exact) mass is 305 g/mol. The second-order valence-corrected chi connectivity index (χ2v) is 4.77. The average molecular weight is 305 g/mol. The Morgan fingerprint density at radius 1 is 1.43 bits per heavy atom. The van der Waals surface area contributed by atoms with Gasteiger partial charge in [0.25, 0.3) is 0 Å². The van der Waals surface area contributed by atoms with Crippen LogP contribution < -0.4 is 5.32 Å². The Morgan fingerprint density at radius 3 is 2.57 bits per heavy atom. The molecular weight excluding hydrogens is 289 g/mol. The summed E-state index contributed by atoms with van der Waals surface area (Å²) in [5.74, 6) is 0.937. The number of hydrogen-bond acceptors (Lipinski definition) is 3. The molecule has 0 atom stereocenters. The molecule has 14 heavy (non-hydrogen) atoms. The van der Waals surface area contributed by atoms with Crippen LogP contribution in [-0.2, 0) is 0 Å². The minimum absolute atomic E-state index is 0.133. The van der Waals surface area contributed by atoms with E-state index in [2.05, 4.69) is 58.6 Å². The van der Waals surface area contributed by atoms with E-state index in [1.807, 2.05) is 6.20 Å². The minimum Gasteiger partial charge on any atom is -0.364 e. The summed E-state index contributed by atoms with van der Waals surface area (Å²) in [4.78, 5) is 8.20. The fourth-order valence-corrected chi connectivity index (χ4v) is 1.55. The normalized spacial score (nSPS) is 11.4. The highest BCUT2D eigenvalue weighted by atomic mass is 127. The summed E-state index contributed by atoms with van der Waals surface area (Å²) in [5.41, 5.74) is 0.133. The third-order valence-corrected chi connectivity index (χ3v) is 3.44. The SMILES string of the molecule is CCC(C)(CC)Nc1ncncc1I. The van der Waals surface area contributed by atoms with Crippen LogP contribution in [0.3, 0.4) is 0 Å². The molecule has 0 aliphatic carbocycles. The number of nitrogens with one attached hydrogen (secondary N) is 1. The molecule has 0 amide bonds. The van der Waals surface area contributed by atoms with Gasteiger partial charge in [-0.05, 0) is 42.4 Å². The smallest absolute Gasteiger partial charge is 0.143 e. The fraction of sp³-hybridized carbons (Fsp3) is 0.600. The lowest BCUT2D eigenvalue weighted by molar-refractivity contribution is 0.476. The molecule has 1 rings (SSSR count). The van der Waals surface area contributed by atoms with E-state index < -0.39 is 0 Å². The van der Waals surface area contributed by atoms with Crippen LogP contribution in [0.4, 0.5) is 5.82 Å². The van der Waals surface area contributed by atoms with Crippen LogP contribution in [0.1, 0.15) is 33.6 Å². The van der Waals surface area contributed by atoms with E-state index in [9.17, 15) is 0 Å². The van der Waals surface area contributed by atoms with E-state index in [1.165, 1.54) is 0 Å². The summed E-state index contributed by atoms with van der Waals surface area (Å²) >= 11 is 2.25. The number of halogens is 1. The zero-order valence-corrected chi connectivity index (χ0v) is 11.0. The molecular formula is C10H16IN3. The first-order valence-electron chi connectivity index (χ1n) is 4.85. The molecule has 0 aliphatic heterocycles. The minimum atomic E-state index is 0.133. The summed E-state index contributed by atoms with van der Waals surface area (Å²) in [5, 5.41) is 3.46. The second kappa shape index (κ2) is 4.91. The first-order chi connectivity index (χ1) is 6.61. The summed E-state index contributed by atoms with van der Waals surface area (Å²) in [6.07, 6.45) is 5.57. The molecule has 0 fully saturated rings. The van der Waals surface area contributed by atoms with Crippen LogP contribution in [0.25, 0.3) is 0 Å². The van der Waals surface area contributed by atoms with Crippen LogP contribution in [0.15, 0.2) is 12.5 Å². The molecule has 78 valence electrons. The van der Waals surface area contributed by atoms with Gasteiger partial charge >= 0.3 is 0 Å². The molecule has 3 nitrogen and oxygen atoms in total. The Labute approximate surface area is 98.9 Å². The lowest BCUT2D eigenvalue weighted by atomic mass is 9.96. The molecule has 0 unspecified atom stereocenters. The van der Waals surface area contributed by atoms with E-state index in [4.69, 9.17) is 0 Å². The molecule has 0 spiro atoms. The Hall–Kier alpha value is -0.390. The highest BCUT2D eigenvalue weighted by Crippen LogP contribution is 2.22. The summed E-state index contributed by atoms with van der Waals surface area (Å²) < 4.78 is 1.07. The highest BCUT2D eigenvalue weighted by molar-refractivity contribution is 14.1. The molecule has 1 aromatic rings. The molecule has 1 N–H and O–H groups in total. The maximum atomic E-state index is 4.23. The van der Waals surface area contributed by atoms with Gasteiger partial charge in [0.15, 0.2) is 0 Å². The summed E-state index contributed by atoms with van der Waals surface area (Å²) in [6.45, 7) is 6.58. The number of nitrogens with zero attached hydrogens (tertiary/aromatic N) is 2. The summed E-state index contributed by atoms with van der Waals surface area (Å²) in [6, 6.07) is 0. The first kappa shape index (κ1) is 11.7. The van der Waals surface area contributed by atoms with Crippen molar-refractivity contribution in [2.75, 3.05) is 5.32 Å². The molecule has 0 saturated carbocycles. The molecule has 0 aliphatic rings. The lowest BCUT2D eigenvalue weighted by Crippen LogP contribution is -2.33. The molecule has 0 saturated heterocycles. The largest absolute Gasteiger partial charge is 0.364 e. The van der Waals surface area contributed by atoms with Gasteiger partial charge in [0.05, 0.1) is 3.57 Å². The molecule has 0 bridgehead atoms. The van der Waals surface area contributed by atoms with E-state index in [1.54, 1.807) is 6.33 Å². The fourth-order valence-electron chi connectivity index (χ4n) is 1.12. The average Bonchev–Trinajstić information content (AvgIpc) is 2.21. The lowest BCUT2D eigenvalue weighted by Gasteiger charge is -2.29. The molecule has 0 radical (unpaired) electrons. The van der Waals surface area contributed by atoms with Gasteiger partial charge in [0.2, 0.25) is 0 Å². The molecule has 4 heteroatoms. The van der Waals surface area contributed by atoms with Gasteiger partial charge in [-0.1, -0.05) is 13.8 Å². The van der Waals surface area contributed by atoms with Crippen LogP contribution in [0.5, 0.6) is 0 Å². The van der Waals surface area contributed by atoms with Crippen LogP contribution in [0, 0.1) is 3.57 Å². The van der Waals surface area contributed by atoms with Gasteiger partial charge in [-0.15, -0.1) is 0 Å². The van der Waals surface area contributed by atoms with Crippen LogP contribution >= 0.6 is 22.6 Å². The third kappa shape index (κ3) is 2.80. The quantitative estimate of drug-likeness (QED) is 0.869. The molecule has 0 aromatic carbocycles. The van der Waals surface area contributed by atoms with Crippen molar-refractivity contribution in [2.45, 2.75) is 39.2 Å². The number of rotatable bonds is 4. The molecule has 1 aromatic heterocycles. The third-order valence-electron chi connectivity index (χ3n) is 2.65. The topological polar surface area (TPSA) is 37.8 Å². The second-order valence-electron chi connectivity index (χ2n) is 3.61. The number of anilines is 1. The predicted octanol–water partition coefficient (Wildman–Crippen LogP) is 3.07. The predicted molar refractivity (Wildman–Crippen MR) is 67.4 cm³/mol. The van der Waals surface area contributed by atoms with Crippen molar-refractivity contribution >= 4 is 28.4 Å². The zero-order valence-electron chi connectivity index (χ0n) is 8.84. The Kier molecular flexibility index (Phi) is 4.10. The highest BCUT2D eigenvalue weighted by Gasteiger charge is 2.20. The van der Waals surface area contributed by atoms with Crippen molar-refractivity contribution in [3.8, 4) is 0 Å². The van der Waals surface area contributed by atoms with Crippen molar-refractivity contribution in [1.82, 2.24) is 9.97 Å². The van der Waals surface area contributed by atoms with Crippen molar-refractivity contribution in [3.63, 3.8) is 0 Å². The first-order valence-corrected chi connectivity index (χ1v) is 5.93. The molecule has 1 heterocycles. The van der Waals surface area contributed by atoms with Gasteiger partial charge < -0.3 is 5.32 Å². The maximum absolute atomic E-state index is 4.23. The van der Waals surface area contributed by atoms with Crippen LogP contribution in [-0.4, -0.2) is 15.5 Å². The van der Waals surface area contributed by atoms with Crippen molar-refractivity contribution in [1.29, 1.82) is 0 Å². The van der Waals surface area contributed by atoms with Crippen molar-refractivity contribution < 1.29 is 0 Å². The van der Waals surface area contributed by atoms with Gasteiger partial charge in [-0.3, -0.25) is 0 Å².